The maximum Gasteiger partial charge on any atom is 0.146 e. The number of halogens is 2. The van der Waals surface area contributed by atoms with Crippen LogP contribution in [0.3, 0.4) is 0 Å². The molecule has 1 aliphatic heterocycles. The van der Waals surface area contributed by atoms with Crippen molar-refractivity contribution in [3.05, 3.63) is 35.8 Å². The van der Waals surface area contributed by atoms with Crippen LogP contribution in [0.25, 0.3) is 0 Å². The highest BCUT2D eigenvalue weighted by Crippen LogP contribution is 2.20. The molecule has 1 fully saturated rings. The highest BCUT2D eigenvalue weighted by Gasteiger charge is 2.20. The van der Waals surface area contributed by atoms with Crippen molar-refractivity contribution in [1.82, 2.24) is 15.1 Å². The molecule has 0 aromatic carbocycles. The average Bonchev–Trinajstić information content (AvgIpc) is 2.60. The van der Waals surface area contributed by atoms with Crippen molar-refractivity contribution in [3.8, 4) is 0 Å². The minimum absolute atomic E-state index is 0.347. The summed E-state index contributed by atoms with van der Waals surface area (Å²) in [7, 11) is 1.94. The number of alkyl halides is 1. The van der Waals surface area contributed by atoms with E-state index < -0.39 is 6.17 Å². The van der Waals surface area contributed by atoms with Crippen molar-refractivity contribution in [2.45, 2.75) is 6.17 Å². The van der Waals surface area contributed by atoms with Gasteiger partial charge in [-0.1, -0.05) is 0 Å². The smallest absolute Gasteiger partial charge is 0.146 e. The Morgan fingerprint density at radius 1 is 1.21 bits per heavy atom. The van der Waals surface area contributed by atoms with Crippen molar-refractivity contribution in [3.63, 3.8) is 0 Å². The van der Waals surface area contributed by atoms with Crippen LogP contribution in [0.5, 0.6) is 0 Å². The monoisotopic (exact) mass is 269 g/mol. The van der Waals surface area contributed by atoms with Gasteiger partial charge in [-0.25, -0.2) is 8.78 Å². The number of rotatable bonds is 4. The van der Waals surface area contributed by atoms with E-state index in [2.05, 4.69) is 10.2 Å². The number of allylic oxidation sites excluding steroid dienone is 5. The summed E-state index contributed by atoms with van der Waals surface area (Å²) in [6.45, 7) is 5.35. The molecule has 0 spiro atoms. The van der Waals surface area contributed by atoms with Gasteiger partial charge in [0, 0.05) is 39.3 Å². The third-order valence-electron chi connectivity index (χ3n) is 3.50. The first-order valence-corrected chi connectivity index (χ1v) is 6.73. The topological polar surface area (TPSA) is 18.5 Å². The molecule has 0 saturated carbocycles. The molecule has 1 saturated heterocycles. The minimum Gasteiger partial charge on any atom is -0.367 e. The molecule has 0 radical (unpaired) electrons. The van der Waals surface area contributed by atoms with Gasteiger partial charge in [-0.05, 0) is 31.4 Å². The second kappa shape index (κ2) is 6.82. The first kappa shape index (κ1) is 14.2. The lowest BCUT2D eigenvalue weighted by Crippen LogP contribution is -2.47. The van der Waals surface area contributed by atoms with Gasteiger partial charge in [0.25, 0.3) is 0 Å². The Bertz CT molecular complexity index is 382. The van der Waals surface area contributed by atoms with Gasteiger partial charge in [0.15, 0.2) is 0 Å². The summed E-state index contributed by atoms with van der Waals surface area (Å²) in [4.78, 5) is 4.34. The van der Waals surface area contributed by atoms with Gasteiger partial charge < -0.3 is 10.2 Å². The first-order valence-electron chi connectivity index (χ1n) is 6.73. The number of likely N-dealkylation sites (N-methyl/N-ethyl adjacent to an activating group) is 1. The van der Waals surface area contributed by atoms with Crippen LogP contribution in [-0.4, -0.2) is 62.3 Å². The van der Waals surface area contributed by atoms with E-state index in [4.69, 9.17) is 0 Å². The third-order valence-corrected chi connectivity index (χ3v) is 3.50. The van der Waals surface area contributed by atoms with Crippen molar-refractivity contribution in [2.24, 2.45) is 0 Å². The summed E-state index contributed by atoms with van der Waals surface area (Å²) in [5, 5.41) is 3.12. The van der Waals surface area contributed by atoms with Crippen LogP contribution >= 0.6 is 0 Å². The largest absolute Gasteiger partial charge is 0.367 e. The molecule has 0 bridgehead atoms. The van der Waals surface area contributed by atoms with Crippen LogP contribution in [0.1, 0.15) is 0 Å². The van der Waals surface area contributed by atoms with Crippen LogP contribution < -0.4 is 5.32 Å². The predicted molar refractivity (Wildman–Crippen MR) is 73.2 cm³/mol. The maximum absolute atomic E-state index is 13.9. The van der Waals surface area contributed by atoms with Crippen LogP contribution in [0.4, 0.5) is 8.78 Å². The number of hydrogen-bond donors (Lipinski definition) is 1. The lowest BCUT2D eigenvalue weighted by molar-refractivity contribution is 0.161. The molecule has 5 heteroatoms. The predicted octanol–water partition coefficient (Wildman–Crippen LogP) is 1.47. The summed E-state index contributed by atoms with van der Waals surface area (Å²) < 4.78 is 27.0. The molecule has 0 aromatic rings. The van der Waals surface area contributed by atoms with Crippen molar-refractivity contribution >= 4 is 0 Å². The standard InChI is InChI=1S/C14H21F2N3/c1-17-6-7-18-8-10-19(11-9-18)14-5-3-12(15)2-4-13(14)16/h2-5,12,17H,6-11H2,1H3. The van der Waals surface area contributed by atoms with Gasteiger partial charge in [0.1, 0.15) is 12.0 Å². The van der Waals surface area contributed by atoms with Crippen LogP contribution in [0, 0.1) is 0 Å². The summed E-state index contributed by atoms with van der Waals surface area (Å²) >= 11 is 0. The van der Waals surface area contributed by atoms with Crippen LogP contribution in [0.2, 0.25) is 0 Å². The Morgan fingerprint density at radius 2 is 1.89 bits per heavy atom. The zero-order valence-corrected chi connectivity index (χ0v) is 11.3. The van der Waals surface area contributed by atoms with Gasteiger partial charge >= 0.3 is 0 Å². The lowest BCUT2D eigenvalue weighted by Gasteiger charge is -2.36. The van der Waals surface area contributed by atoms with E-state index in [9.17, 15) is 8.78 Å². The number of hydrogen-bond acceptors (Lipinski definition) is 3. The Morgan fingerprint density at radius 3 is 2.58 bits per heavy atom. The molecular formula is C14H21F2N3. The van der Waals surface area contributed by atoms with Gasteiger partial charge in [-0.3, -0.25) is 4.90 Å². The molecule has 0 amide bonds. The molecule has 0 aromatic heterocycles. The number of piperazine rings is 1. The normalized spacial score (nSPS) is 25.0. The molecule has 2 rings (SSSR count). The lowest BCUT2D eigenvalue weighted by atomic mass is 10.2. The van der Waals surface area contributed by atoms with E-state index in [1.807, 2.05) is 11.9 Å². The van der Waals surface area contributed by atoms with Crippen molar-refractivity contribution < 1.29 is 8.78 Å². The Hall–Kier alpha value is -1.20. The van der Waals surface area contributed by atoms with Crippen molar-refractivity contribution in [2.75, 3.05) is 46.3 Å². The van der Waals surface area contributed by atoms with E-state index in [1.165, 1.54) is 18.2 Å². The molecule has 1 atom stereocenters. The van der Waals surface area contributed by atoms with E-state index in [0.29, 0.717) is 5.70 Å². The molecule has 1 heterocycles. The van der Waals surface area contributed by atoms with Crippen molar-refractivity contribution in [1.29, 1.82) is 0 Å². The second-order valence-corrected chi connectivity index (χ2v) is 4.83. The van der Waals surface area contributed by atoms with E-state index in [0.717, 1.165) is 39.3 Å². The van der Waals surface area contributed by atoms with Crippen LogP contribution in [-0.2, 0) is 0 Å². The van der Waals surface area contributed by atoms with E-state index >= 15 is 0 Å². The summed E-state index contributed by atoms with van der Waals surface area (Å²) in [5.41, 5.74) is 0.504. The van der Waals surface area contributed by atoms with Crippen LogP contribution in [0.15, 0.2) is 35.8 Å². The fraction of sp³-hybridized carbons (Fsp3) is 0.571. The first-order chi connectivity index (χ1) is 9.20. The number of nitrogens with one attached hydrogen (secondary N) is 1. The summed E-state index contributed by atoms with van der Waals surface area (Å²) in [6.07, 6.45) is 4.23. The molecule has 1 N–H and O–H groups in total. The third kappa shape index (κ3) is 3.88. The summed E-state index contributed by atoms with van der Waals surface area (Å²) in [5.74, 6) is -0.347. The SMILES string of the molecule is CNCCN1CCN(C2=C(F)C=CC(F)C=C2)CC1. The quantitative estimate of drug-likeness (QED) is 0.834. The fourth-order valence-corrected chi connectivity index (χ4v) is 2.33. The van der Waals surface area contributed by atoms with Gasteiger partial charge in [-0.15, -0.1) is 0 Å². The second-order valence-electron chi connectivity index (χ2n) is 4.83. The average molecular weight is 269 g/mol. The molecule has 106 valence electrons. The molecule has 2 aliphatic rings. The Kier molecular flexibility index (Phi) is 5.10. The molecule has 19 heavy (non-hydrogen) atoms. The molecule has 1 unspecified atom stereocenters. The summed E-state index contributed by atoms with van der Waals surface area (Å²) in [6, 6.07) is 0. The maximum atomic E-state index is 13.9. The minimum atomic E-state index is -1.19. The highest BCUT2D eigenvalue weighted by molar-refractivity contribution is 5.33. The number of nitrogens with zero attached hydrogens (tertiary/aromatic N) is 2. The zero-order chi connectivity index (χ0) is 13.7. The zero-order valence-electron chi connectivity index (χ0n) is 11.3. The molecule has 1 aliphatic carbocycles. The van der Waals surface area contributed by atoms with Gasteiger partial charge in [-0.2, -0.15) is 0 Å². The molecular weight excluding hydrogens is 248 g/mol. The van der Waals surface area contributed by atoms with Gasteiger partial charge in [0.05, 0.1) is 5.70 Å². The van der Waals surface area contributed by atoms with E-state index in [-0.39, 0.29) is 5.83 Å². The van der Waals surface area contributed by atoms with E-state index in [1.54, 1.807) is 6.08 Å². The van der Waals surface area contributed by atoms with Gasteiger partial charge in [0.2, 0.25) is 0 Å². The highest BCUT2D eigenvalue weighted by atomic mass is 19.1. The Balaban J connectivity index is 1.94. The molecule has 3 nitrogen and oxygen atoms in total. The Labute approximate surface area is 113 Å². The fourth-order valence-electron chi connectivity index (χ4n) is 2.33.